The summed E-state index contributed by atoms with van der Waals surface area (Å²) in [4.78, 5) is 21.3. The van der Waals surface area contributed by atoms with Gasteiger partial charge in [0, 0.05) is 25.2 Å². The lowest BCUT2D eigenvalue weighted by atomic mass is 9.96. The summed E-state index contributed by atoms with van der Waals surface area (Å²) in [6.45, 7) is 3.14. The molecule has 0 unspecified atom stereocenters. The van der Waals surface area contributed by atoms with E-state index in [-0.39, 0.29) is 11.8 Å². The molecular weight excluding hydrogens is 424 g/mol. The summed E-state index contributed by atoms with van der Waals surface area (Å²) in [7, 11) is 0. The summed E-state index contributed by atoms with van der Waals surface area (Å²) in [6.07, 6.45) is 3.86. The Bertz CT molecular complexity index is 1440. The second-order valence-electron chi connectivity index (χ2n) is 8.06. The van der Waals surface area contributed by atoms with Crippen LogP contribution in [0.15, 0.2) is 52.5 Å². The van der Waals surface area contributed by atoms with Gasteiger partial charge in [0.1, 0.15) is 5.82 Å². The van der Waals surface area contributed by atoms with Crippen LogP contribution in [0.3, 0.4) is 0 Å². The van der Waals surface area contributed by atoms with Gasteiger partial charge < -0.3 is 9.42 Å². The van der Waals surface area contributed by atoms with Crippen LogP contribution < -0.4 is 0 Å². The predicted molar refractivity (Wildman–Crippen MR) is 121 cm³/mol. The minimum atomic E-state index is -0.0278. The third-order valence-corrected chi connectivity index (χ3v) is 6.93. The van der Waals surface area contributed by atoms with E-state index in [0.717, 1.165) is 34.9 Å². The highest BCUT2D eigenvalue weighted by atomic mass is 32.1. The molecule has 160 valence electrons. The number of nitrogens with zero attached hydrogens (tertiary/aromatic N) is 6. The highest BCUT2D eigenvalue weighted by molar-refractivity contribution is 7.13. The third-order valence-electron chi connectivity index (χ3n) is 6.03. The van der Waals surface area contributed by atoms with Gasteiger partial charge in [-0.05, 0) is 49.4 Å². The van der Waals surface area contributed by atoms with Crippen molar-refractivity contribution in [2.24, 2.45) is 0 Å². The number of carbonyl (C=O) groups excluding carboxylic acids is 1. The van der Waals surface area contributed by atoms with E-state index in [2.05, 4.69) is 20.3 Å². The molecule has 8 nitrogen and oxygen atoms in total. The molecule has 0 spiro atoms. The van der Waals surface area contributed by atoms with E-state index in [1.165, 1.54) is 0 Å². The third kappa shape index (κ3) is 3.08. The van der Waals surface area contributed by atoms with Gasteiger partial charge in [-0.2, -0.15) is 0 Å². The van der Waals surface area contributed by atoms with E-state index in [0.29, 0.717) is 35.4 Å². The maximum Gasteiger partial charge on any atom is 0.259 e. The number of likely N-dealkylation sites (tertiary alicyclic amines) is 1. The maximum absolute atomic E-state index is 13.8. The van der Waals surface area contributed by atoms with Crippen molar-refractivity contribution in [3.63, 3.8) is 0 Å². The fraction of sp³-hybridized carbons (Fsp3) is 0.261. The lowest BCUT2D eigenvalue weighted by Gasteiger charge is -2.32. The molecule has 0 aliphatic carbocycles. The molecule has 0 saturated carbocycles. The van der Waals surface area contributed by atoms with Crippen molar-refractivity contribution in [2.75, 3.05) is 13.1 Å². The fourth-order valence-corrected chi connectivity index (χ4v) is 5.18. The second-order valence-corrected chi connectivity index (χ2v) is 9.01. The number of aromatic nitrogens is 5. The van der Waals surface area contributed by atoms with Crippen molar-refractivity contribution in [2.45, 2.75) is 25.7 Å². The molecule has 1 amide bonds. The minimum absolute atomic E-state index is 0.0278. The Morgan fingerprint density at radius 1 is 1.22 bits per heavy atom. The summed E-state index contributed by atoms with van der Waals surface area (Å²) in [5, 5.41) is 15.5. The quantitative estimate of drug-likeness (QED) is 0.412. The normalized spacial score (nSPS) is 16.8. The number of hydrogen-bond donors (Lipinski definition) is 0. The van der Waals surface area contributed by atoms with Crippen molar-refractivity contribution in [1.29, 1.82) is 0 Å². The number of aryl methyl sites for hydroxylation is 1. The minimum Gasteiger partial charge on any atom is -0.338 e. The number of carbonyl (C=O) groups is 1. The highest BCUT2D eigenvalue weighted by Crippen LogP contribution is 2.32. The summed E-state index contributed by atoms with van der Waals surface area (Å²) in [5.74, 6) is 1.00. The number of thiophene rings is 1. The number of amides is 1. The maximum atomic E-state index is 13.8. The zero-order valence-electron chi connectivity index (χ0n) is 17.4. The molecule has 9 heteroatoms. The molecular formula is C23H20N6O2S. The monoisotopic (exact) mass is 444 g/mol. The van der Waals surface area contributed by atoms with Crippen LogP contribution in [0, 0.1) is 6.92 Å². The van der Waals surface area contributed by atoms with Gasteiger partial charge in [0.15, 0.2) is 5.65 Å². The van der Waals surface area contributed by atoms with Crippen LogP contribution >= 0.6 is 11.3 Å². The molecule has 5 aromatic rings. The first-order valence-electron chi connectivity index (χ1n) is 10.6. The molecule has 0 N–H and O–H groups in total. The number of hydrogen-bond acceptors (Lipinski definition) is 7. The number of piperidine rings is 1. The lowest BCUT2D eigenvalue weighted by Crippen LogP contribution is -2.39. The Morgan fingerprint density at radius 3 is 3.03 bits per heavy atom. The zero-order valence-corrected chi connectivity index (χ0v) is 18.2. The van der Waals surface area contributed by atoms with Gasteiger partial charge in [0.2, 0.25) is 0 Å². The Kier molecular flexibility index (Phi) is 4.50. The van der Waals surface area contributed by atoms with E-state index < -0.39 is 0 Å². The molecule has 5 aromatic heterocycles. The molecule has 1 fully saturated rings. The van der Waals surface area contributed by atoms with Crippen LogP contribution in [0.5, 0.6) is 0 Å². The first-order valence-corrected chi connectivity index (χ1v) is 11.5. The molecule has 6 heterocycles. The molecule has 1 atom stereocenters. The first kappa shape index (κ1) is 19.1. The fourth-order valence-electron chi connectivity index (χ4n) is 4.49. The van der Waals surface area contributed by atoms with Gasteiger partial charge in [0.25, 0.3) is 11.6 Å². The number of pyridine rings is 2. The zero-order chi connectivity index (χ0) is 21.7. The van der Waals surface area contributed by atoms with Gasteiger partial charge in [0.05, 0.1) is 27.2 Å². The van der Waals surface area contributed by atoms with Crippen LogP contribution in [0.4, 0.5) is 0 Å². The average molecular weight is 445 g/mol. The SMILES string of the molecule is Cc1noc2nc(-c3cccs3)cc(C(=O)N3CCC[C@@H](c4nnc5ccccn45)C3)c12. The van der Waals surface area contributed by atoms with E-state index in [9.17, 15) is 4.79 Å². The predicted octanol–water partition coefficient (Wildman–Crippen LogP) is 4.32. The smallest absolute Gasteiger partial charge is 0.259 e. The molecule has 6 rings (SSSR count). The molecule has 1 aliphatic heterocycles. The molecule has 0 bridgehead atoms. The van der Waals surface area contributed by atoms with Crippen LogP contribution in [-0.2, 0) is 0 Å². The van der Waals surface area contributed by atoms with Crippen molar-refractivity contribution in [3.05, 3.63) is 65.1 Å². The Labute approximate surface area is 187 Å². The molecule has 0 aromatic carbocycles. The van der Waals surface area contributed by atoms with E-state index in [1.807, 2.05) is 64.2 Å². The standard InChI is InChI=1S/C23H20N6O2S/c1-14-20-16(12-17(18-7-5-11-32-18)24-22(20)31-27-14)23(30)28-9-4-6-15(13-28)21-26-25-19-8-2-3-10-29(19)21/h2-3,5,7-8,10-12,15H,4,6,9,13H2,1H3/t15-/m1/s1. The van der Waals surface area contributed by atoms with Crippen molar-refractivity contribution in [1.82, 2.24) is 29.6 Å². The van der Waals surface area contributed by atoms with Crippen molar-refractivity contribution >= 4 is 34.0 Å². The van der Waals surface area contributed by atoms with Crippen molar-refractivity contribution in [3.8, 4) is 10.6 Å². The van der Waals surface area contributed by atoms with Crippen molar-refractivity contribution < 1.29 is 9.32 Å². The van der Waals surface area contributed by atoms with E-state index >= 15 is 0 Å². The van der Waals surface area contributed by atoms with Crippen LogP contribution in [-0.4, -0.2) is 48.6 Å². The van der Waals surface area contributed by atoms with Gasteiger partial charge in [-0.15, -0.1) is 21.5 Å². The Hall–Kier alpha value is -3.59. The summed E-state index contributed by atoms with van der Waals surface area (Å²) < 4.78 is 7.46. The average Bonchev–Trinajstić information content (AvgIpc) is 3.58. The Morgan fingerprint density at radius 2 is 2.16 bits per heavy atom. The Balaban J connectivity index is 1.37. The molecule has 1 saturated heterocycles. The molecule has 1 aliphatic rings. The van der Waals surface area contributed by atoms with Gasteiger partial charge in [-0.3, -0.25) is 9.20 Å². The number of rotatable bonds is 3. The summed E-state index contributed by atoms with van der Waals surface area (Å²) in [6, 6.07) is 11.7. The highest BCUT2D eigenvalue weighted by Gasteiger charge is 2.30. The van der Waals surface area contributed by atoms with Crippen LogP contribution in [0.2, 0.25) is 0 Å². The molecule has 32 heavy (non-hydrogen) atoms. The first-order chi connectivity index (χ1) is 15.7. The van der Waals surface area contributed by atoms with E-state index in [1.54, 1.807) is 11.3 Å². The van der Waals surface area contributed by atoms with Gasteiger partial charge >= 0.3 is 0 Å². The second kappa shape index (κ2) is 7.52. The number of fused-ring (bicyclic) bond motifs is 2. The summed E-state index contributed by atoms with van der Waals surface area (Å²) in [5.41, 5.74) is 3.20. The lowest BCUT2D eigenvalue weighted by molar-refractivity contribution is 0.0706. The topological polar surface area (TPSA) is 89.4 Å². The largest absolute Gasteiger partial charge is 0.338 e. The van der Waals surface area contributed by atoms with Gasteiger partial charge in [-0.1, -0.05) is 17.3 Å². The van der Waals surface area contributed by atoms with E-state index in [4.69, 9.17) is 4.52 Å². The van der Waals surface area contributed by atoms with Gasteiger partial charge in [-0.25, -0.2) is 4.98 Å². The summed E-state index contributed by atoms with van der Waals surface area (Å²) >= 11 is 1.58. The van der Waals surface area contributed by atoms with Crippen LogP contribution in [0.1, 0.15) is 40.6 Å². The molecule has 0 radical (unpaired) electrons. The van der Waals surface area contributed by atoms with Crippen LogP contribution in [0.25, 0.3) is 27.3 Å².